The van der Waals surface area contributed by atoms with Crippen LogP contribution in [0.3, 0.4) is 0 Å². The van der Waals surface area contributed by atoms with Crippen molar-refractivity contribution < 1.29 is 13.9 Å². The molecule has 0 bridgehead atoms. The van der Waals surface area contributed by atoms with Crippen LogP contribution in [0, 0.1) is 12.7 Å². The number of para-hydroxylation sites is 1. The molecule has 0 saturated heterocycles. The number of halogens is 1. The third kappa shape index (κ3) is 4.16. The molecule has 3 aromatic rings. The fourth-order valence-corrected chi connectivity index (χ4v) is 3.08. The first-order valence-electron chi connectivity index (χ1n) is 8.71. The summed E-state index contributed by atoms with van der Waals surface area (Å²) < 4.78 is 20.2. The summed E-state index contributed by atoms with van der Waals surface area (Å²) in [6, 6.07) is 13.4. The average Bonchev–Trinajstić information content (AvgIpc) is 3.04. The Morgan fingerprint density at radius 3 is 2.63 bits per heavy atom. The molecule has 0 aliphatic carbocycles. The van der Waals surface area contributed by atoms with Gasteiger partial charge in [0.25, 0.3) is 0 Å². The molecule has 5 nitrogen and oxygen atoms in total. The number of aromatic nitrogens is 2. The van der Waals surface area contributed by atoms with E-state index in [1.165, 1.54) is 12.1 Å². The number of hydrogen-bond donors (Lipinski definition) is 1. The molecular formula is C21H22FN3O2. The zero-order valence-corrected chi connectivity index (χ0v) is 15.6. The van der Waals surface area contributed by atoms with E-state index >= 15 is 0 Å². The minimum absolute atomic E-state index is 0.0964. The largest absolute Gasteiger partial charge is 0.496 e. The second kappa shape index (κ2) is 8.03. The van der Waals surface area contributed by atoms with Gasteiger partial charge in [0.05, 0.1) is 31.5 Å². The maximum absolute atomic E-state index is 13.1. The number of ether oxygens (including phenoxy) is 1. The Labute approximate surface area is 157 Å². The number of hydrogen-bond acceptors (Lipinski definition) is 3. The van der Waals surface area contributed by atoms with E-state index in [1.54, 1.807) is 30.1 Å². The van der Waals surface area contributed by atoms with Crippen molar-refractivity contribution in [1.82, 2.24) is 15.1 Å². The smallest absolute Gasteiger partial charge is 0.225 e. The molecule has 0 spiro atoms. The van der Waals surface area contributed by atoms with E-state index in [-0.39, 0.29) is 24.2 Å². The molecule has 1 aromatic heterocycles. The van der Waals surface area contributed by atoms with Crippen LogP contribution in [0.4, 0.5) is 4.39 Å². The van der Waals surface area contributed by atoms with E-state index in [0.29, 0.717) is 5.75 Å². The van der Waals surface area contributed by atoms with E-state index in [2.05, 4.69) is 10.4 Å². The van der Waals surface area contributed by atoms with Crippen LogP contribution in [0.15, 0.2) is 54.7 Å². The summed E-state index contributed by atoms with van der Waals surface area (Å²) in [6.45, 7) is 3.84. The Morgan fingerprint density at radius 1 is 1.22 bits per heavy atom. The molecule has 0 aliphatic heterocycles. The van der Waals surface area contributed by atoms with Gasteiger partial charge in [0, 0.05) is 16.8 Å². The third-order valence-electron chi connectivity index (χ3n) is 4.51. The zero-order valence-electron chi connectivity index (χ0n) is 15.6. The highest BCUT2D eigenvalue weighted by molar-refractivity contribution is 5.79. The van der Waals surface area contributed by atoms with Gasteiger partial charge in [-0.2, -0.15) is 5.10 Å². The van der Waals surface area contributed by atoms with Gasteiger partial charge in [-0.15, -0.1) is 0 Å². The zero-order chi connectivity index (χ0) is 19.4. The van der Waals surface area contributed by atoms with Crippen LogP contribution >= 0.6 is 0 Å². The molecule has 140 valence electrons. The molecule has 1 atom stereocenters. The summed E-state index contributed by atoms with van der Waals surface area (Å²) in [5, 5.41) is 7.38. The number of methoxy groups -OCH3 is 1. The van der Waals surface area contributed by atoms with Crippen LogP contribution in [-0.4, -0.2) is 22.8 Å². The summed E-state index contributed by atoms with van der Waals surface area (Å²) in [5.41, 5.74) is 3.41. The Morgan fingerprint density at radius 2 is 1.93 bits per heavy atom. The lowest BCUT2D eigenvalue weighted by molar-refractivity contribution is -0.121. The Balaban J connectivity index is 1.72. The van der Waals surface area contributed by atoms with E-state index in [0.717, 1.165) is 22.5 Å². The normalized spacial score (nSPS) is 11.9. The molecule has 6 heteroatoms. The Kier molecular flexibility index (Phi) is 5.54. The molecule has 2 aromatic carbocycles. The van der Waals surface area contributed by atoms with Gasteiger partial charge < -0.3 is 10.1 Å². The standard InChI is InChI=1S/C21H22FN3O2/c1-14(24-21(26)12-16-6-4-5-7-20(16)27-3)19-13-23-25(15(19)2)18-10-8-17(22)9-11-18/h4-11,13-14H,12H2,1-3H3,(H,24,26). The molecule has 0 aliphatic rings. The molecule has 1 heterocycles. The van der Waals surface area contributed by atoms with E-state index in [4.69, 9.17) is 4.74 Å². The van der Waals surface area contributed by atoms with Gasteiger partial charge in [-0.05, 0) is 44.2 Å². The second-order valence-electron chi connectivity index (χ2n) is 6.35. The van der Waals surface area contributed by atoms with Crippen LogP contribution in [0.2, 0.25) is 0 Å². The van der Waals surface area contributed by atoms with Crippen LogP contribution in [0.5, 0.6) is 5.75 Å². The molecular weight excluding hydrogens is 345 g/mol. The third-order valence-corrected chi connectivity index (χ3v) is 4.51. The minimum atomic E-state index is -0.291. The highest BCUT2D eigenvalue weighted by atomic mass is 19.1. The van der Waals surface area contributed by atoms with Crippen LogP contribution in [0.1, 0.15) is 29.8 Å². The summed E-state index contributed by atoms with van der Waals surface area (Å²) >= 11 is 0. The average molecular weight is 367 g/mol. The first-order valence-corrected chi connectivity index (χ1v) is 8.71. The van der Waals surface area contributed by atoms with Gasteiger partial charge in [-0.3, -0.25) is 4.79 Å². The van der Waals surface area contributed by atoms with Crippen molar-refractivity contribution in [2.45, 2.75) is 26.3 Å². The molecule has 27 heavy (non-hydrogen) atoms. The van der Waals surface area contributed by atoms with Gasteiger partial charge in [0.15, 0.2) is 0 Å². The number of carbonyl (C=O) groups excluding carboxylic acids is 1. The number of rotatable bonds is 6. The van der Waals surface area contributed by atoms with Crippen molar-refractivity contribution >= 4 is 5.91 Å². The highest BCUT2D eigenvalue weighted by Gasteiger charge is 2.17. The molecule has 0 radical (unpaired) electrons. The Bertz CT molecular complexity index is 935. The first kappa shape index (κ1) is 18.6. The highest BCUT2D eigenvalue weighted by Crippen LogP contribution is 2.22. The quantitative estimate of drug-likeness (QED) is 0.722. The number of benzene rings is 2. The van der Waals surface area contributed by atoms with Gasteiger partial charge in [-0.25, -0.2) is 9.07 Å². The van der Waals surface area contributed by atoms with Crippen molar-refractivity contribution in [1.29, 1.82) is 0 Å². The molecule has 0 fully saturated rings. The predicted octanol–water partition coefficient (Wildman–Crippen LogP) is 3.75. The lowest BCUT2D eigenvalue weighted by atomic mass is 10.1. The Hall–Kier alpha value is -3.15. The molecule has 0 saturated carbocycles. The molecule has 1 unspecified atom stereocenters. The lowest BCUT2D eigenvalue weighted by Gasteiger charge is -2.15. The second-order valence-corrected chi connectivity index (χ2v) is 6.35. The van der Waals surface area contributed by atoms with Crippen LogP contribution in [0.25, 0.3) is 5.69 Å². The number of nitrogens with zero attached hydrogens (tertiary/aromatic N) is 2. The molecule has 1 N–H and O–H groups in total. The number of amides is 1. The maximum atomic E-state index is 13.1. The van der Waals surface area contributed by atoms with Crippen molar-refractivity contribution in [2.75, 3.05) is 7.11 Å². The van der Waals surface area contributed by atoms with E-state index in [9.17, 15) is 9.18 Å². The summed E-state index contributed by atoms with van der Waals surface area (Å²) in [6.07, 6.45) is 1.96. The van der Waals surface area contributed by atoms with Gasteiger partial charge in [0.1, 0.15) is 11.6 Å². The topological polar surface area (TPSA) is 56.1 Å². The number of carbonyl (C=O) groups is 1. The number of nitrogens with one attached hydrogen (secondary N) is 1. The van der Waals surface area contributed by atoms with Crippen molar-refractivity contribution in [2.24, 2.45) is 0 Å². The predicted molar refractivity (Wildman–Crippen MR) is 102 cm³/mol. The fraction of sp³-hybridized carbons (Fsp3) is 0.238. The lowest BCUT2D eigenvalue weighted by Crippen LogP contribution is -2.28. The summed E-state index contributed by atoms with van der Waals surface area (Å²) in [5.74, 6) is 0.308. The minimum Gasteiger partial charge on any atom is -0.496 e. The maximum Gasteiger partial charge on any atom is 0.225 e. The monoisotopic (exact) mass is 367 g/mol. The van der Waals surface area contributed by atoms with Crippen molar-refractivity contribution in [3.63, 3.8) is 0 Å². The molecule has 1 amide bonds. The fourth-order valence-electron chi connectivity index (χ4n) is 3.08. The van der Waals surface area contributed by atoms with Gasteiger partial charge >= 0.3 is 0 Å². The van der Waals surface area contributed by atoms with Crippen molar-refractivity contribution in [3.8, 4) is 11.4 Å². The molecule has 3 rings (SSSR count). The summed E-state index contributed by atoms with van der Waals surface area (Å²) in [7, 11) is 1.59. The van der Waals surface area contributed by atoms with Gasteiger partial charge in [0.2, 0.25) is 5.91 Å². The van der Waals surface area contributed by atoms with Crippen LogP contribution in [-0.2, 0) is 11.2 Å². The van der Waals surface area contributed by atoms with Gasteiger partial charge in [-0.1, -0.05) is 18.2 Å². The summed E-state index contributed by atoms with van der Waals surface area (Å²) in [4.78, 5) is 12.5. The van der Waals surface area contributed by atoms with E-state index < -0.39 is 0 Å². The van der Waals surface area contributed by atoms with Crippen LogP contribution < -0.4 is 10.1 Å². The SMILES string of the molecule is COc1ccccc1CC(=O)NC(C)c1cnn(-c2ccc(F)cc2)c1C. The first-order chi connectivity index (χ1) is 13.0. The van der Waals surface area contributed by atoms with E-state index in [1.807, 2.05) is 38.1 Å². The van der Waals surface area contributed by atoms with Crippen molar-refractivity contribution in [3.05, 3.63) is 77.4 Å².